The molecule has 4 N–H and O–H groups in total. The molecule has 0 radical (unpaired) electrons. The molecule has 0 bridgehead atoms. The lowest BCUT2D eigenvalue weighted by Gasteiger charge is -2.26. The highest BCUT2D eigenvalue weighted by molar-refractivity contribution is 5.80. The van der Waals surface area contributed by atoms with E-state index in [2.05, 4.69) is 38.2 Å². The van der Waals surface area contributed by atoms with Crippen LogP contribution in [-0.2, 0) is 0 Å². The first kappa shape index (κ1) is 14.2. The monoisotopic (exact) mass is 215 g/mol. The van der Waals surface area contributed by atoms with Gasteiger partial charge in [-0.1, -0.05) is 32.9 Å². The summed E-state index contributed by atoms with van der Waals surface area (Å²) in [6.07, 6.45) is 2.69. The van der Waals surface area contributed by atoms with Crippen molar-refractivity contribution in [3.05, 3.63) is 0 Å². The first-order chi connectivity index (χ1) is 7.04. The van der Waals surface area contributed by atoms with Gasteiger partial charge in [0.1, 0.15) is 5.84 Å². The standard InChI is InChI=1S/C11H25N3O/c1-5-9(7-11(12)14-15)13-10(6-2)8(3)4/h8-10,13,15H,5-7H2,1-4H3,(H2,12,14). The van der Waals surface area contributed by atoms with Crippen LogP contribution in [0.1, 0.15) is 47.0 Å². The van der Waals surface area contributed by atoms with Crippen molar-refractivity contribution in [1.82, 2.24) is 5.32 Å². The van der Waals surface area contributed by atoms with Crippen molar-refractivity contribution in [2.24, 2.45) is 16.8 Å². The lowest BCUT2D eigenvalue weighted by molar-refractivity contribution is 0.310. The maximum atomic E-state index is 8.51. The smallest absolute Gasteiger partial charge is 0.140 e. The Morgan fingerprint density at radius 2 is 1.93 bits per heavy atom. The van der Waals surface area contributed by atoms with Crippen LogP contribution in [-0.4, -0.2) is 23.1 Å². The fourth-order valence-corrected chi connectivity index (χ4v) is 1.70. The van der Waals surface area contributed by atoms with E-state index in [9.17, 15) is 0 Å². The number of amidine groups is 1. The van der Waals surface area contributed by atoms with Gasteiger partial charge in [-0.2, -0.15) is 0 Å². The molecule has 0 rings (SSSR count). The molecule has 0 aliphatic carbocycles. The highest BCUT2D eigenvalue weighted by Gasteiger charge is 2.16. The fourth-order valence-electron chi connectivity index (χ4n) is 1.70. The Morgan fingerprint density at radius 3 is 2.27 bits per heavy atom. The van der Waals surface area contributed by atoms with E-state index in [0.29, 0.717) is 30.3 Å². The molecule has 0 amide bonds. The molecule has 4 heteroatoms. The van der Waals surface area contributed by atoms with Gasteiger partial charge in [-0.05, 0) is 18.8 Å². The normalized spacial score (nSPS) is 16.7. The molecule has 0 saturated heterocycles. The number of nitrogens with zero attached hydrogens (tertiary/aromatic N) is 1. The van der Waals surface area contributed by atoms with Crippen LogP contribution in [0.25, 0.3) is 0 Å². The molecule has 0 aliphatic heterocycles. The zero-order valence-corrected chi connectivity index (χ0v) is 10.3. The average Bonchev–Trinajstić information content (AvgIpc) is 2.22. The van der Waals surface area contributed by atoms with E-state index in [1.165, 1.54) is 0 Å². The van der Waals surface area contributed by atoms with Crippen molar-refractivity contribution in [3.8, 4) is 0 Å². The van der Waals surface area contributed by atoms with Crippen molar-refractivity contribution in [2.45, 2.75) is 59.0 Å². The molecule has 0 heterocycles. The maximum Gasteiger partial charge on any atom is 0.140 e. The van der Waals surface area contributed by atoms with Crippen molar-refractivity contribution < 1.29 is 5.21 Å². The van der Waals surface area contributed by atoms with Crippen LogP contribution in [0.15, 0.2) is 5.16 Å². The van der Waals surface area contributed by atoms with Crippen LogP contribution in [0.2, 0.25) is 0 Å². The molecular weight excluding hydrogens is 190 g/mol. The third-order valence-electron chi connectivity index (χ3n) is 2.77. The predicted molar refractivity (Wildman–Crippen MR) is 64.2 cm³/mol. The second-order valence-corrected chi connectivity index (χ2v) is 4.33. The van der Waals surface area contributed by atoms with Gasteiger partial charge in [0, 0.05) is 18.5 Å². The fraction of sp³-hybridized carbons (Fsp3) is 0.909. The number of nitrogens with two attached hydrogens (primary N) is 1. The lowest BCUT2D eigenvalue weighted by Crippen LogP contribution is -2.42. The summed E-state index contributed by atoms with van der Waals surface area (Å²) in [5.41, 5.74) is 5.50. The second kappa shape index (κ2) is 7.51. The summed E-state index contributed by atoms with van der Waals surface area (Å²) in [7, 11) is 0. The zero-order chi connectivity index (χ0) is 11.8. The van der Waals surface area contributed by atoms with Gasteiger partial charge in [0.25, 0.3) is 0 Å². The maximum absolute atomic E-state index is 8.51. The molecular formula is C11H25N3O. The van der Waals surface area contributed by atoms with E-state index >= 15 is 0 Å². The van der Waals surface area contributed by atoms with Gasteiger partial charge in [-0.25, -0.2) is 0 Å². The first-order valence-electron chi connectivity index (χ1n) is 5.77. The van der Waals surface area contributed by atoms with Crippen LogP contribution in [0, 0.1) is 5.92 Å². The largest absolute Gasteiger partial charge is 0.409 e. The molecule has 0 spiro atoms. The van der Waals surface area contributed by atoms with Gasteiger partial charge < -0.3 is 16.3 Å². The molecule has 15 heavy (non-hydrogen) atoms. The van der Waals surface area contributed by atoms with Gasteiger partial charge in [0.15, 0.2) is 0 Å². The molecule has 90 valence electrons. The molecule has 0 aromatic rings. The summed E-state index contributed by atoms with van der Waals surface area (Å²) in [6, 6.07) is 0.801. The van der Waals surface area contributed by atoms with Crippen LogP contribution >= 0.6 is 0 Å². The van der Waals surface area contributed by atoms with Crippen LogP contribution < -0.4 is 11.1 Å². The second-order valence-electron chi connectivity index (χ2n) is 4.33. The summed E-state index contributed by atoms with van der Waals surface area (Å²) < 4.78 is 0. The van der Waals surface area contributed by atoms with E-state index in [-0.39, 0.29) is 0 Å². The molecule has 0 fully saturated rings. The molecule has 2 atom stereocenters. The van der Waals surface area contributed by atoms with Crippen molar-refractivity contribution in [2.75, 3.05) is 0 Å². The van der Waals surface area contributed by atoms with E-state index in [1.807, 2.05) is 0 Å². The lowest BCUT2D eigenvalue weighted by atomic mass is 9.99. The highest BCUT2D eigenvalue weighted by Crippen LogP contribution is 2.09. The van der Waals surface area contributed by atoms with Crippen LogP contribution in [0.5, 0.6) is 0 Å². The number of oxime groups is 1. The number of rotatable bonds is 7. The zero-order valence-electron chi connectivity index (χ0n) is 10.3. The molecule has 2 unspecified atom stereocenters. The molecule has 0 aromatic heterocycles. The average molecular weight is 215 g/mol. The SMILES string of the molecule is CCC(CC(N)=NO)NC(CC)C(C)C. The molecule has 4 nitrogen and oxygen atoms in total. The summed E-state index contributed by atoms with van der Waals surface area (Å²) in [4.78, 5) is 0. The van der Waals surface area contributed by atoms with Crippen molar-refractivity contribution in [3.63, 3.8) is 0 Å². The van der Waals surface area contributed by atoms with Crippen LogP contribution in [0.4, 0.5) is 0 Å². The Balaban J connectivity index is 4.18. The van der Waals surface area contributed by atoms with Gasteiger partial charge in [0.05, 0.1) is 0 Å². The van der Waals surface area contributed by atoms with Crippen LogP contribution in [0.3, 0.4) is 0 Å². The third-order valence-corrected chi connectivity index (χ3v) is 2.77. The van der Waals surface area contributed by atoms with E-state index in [4.69, 9.17) is 10.9 Å². The van der Waals surface area contributed by atoms with Gasteiger partial charge in [-0.3, -0.25) is 0 Å². The number of hydrogen-bond donors (Lipinski definition) is 3. The van der Waals surface area contributed by atoms with Gasteiger partial charge >= 0.3 is 0 Å². The van der Waals surface area contributed by atoms with Gasteiger partial charge in [-0.15, -0.1) is 0 Å². The minimum Gasteiger partial charge on any atom is -0.409 e. The molecule has 0 aromatic carbocycles. The Bertz CT molecular complexity index is 192. The minimum atomic E-state index is 0.299. The number of nitrogens with one attached hydrogen (secondary N) is 1. The molecule has 0 saturated carbocycles. The quantitative estimate of drug-likeness (QED) is 0.263. The highest BCUT2D eigenvalue weighted by atomic mass is 16.4. The summed E-state index contributed by atoms with van der Waals surface area (Å²) in [6.45, 7) is 8.69. The Morgan fingerprint density at radius 1 is 1.33 bits per heavy atom. The van der Waals surface area contributed by atoms with Gasteiger partial charge in [0.2, 0.25) is 0 Å². The summed E-state index contributed by atoms with van der Waals surface area (Å²) in [5, 5.41) is 15.1. The predicted octanol–water partition coefficient (Wildman–Crippen LogP) is 1.93. The van der Waals surface area contributed by atoms with Crippen molar-refractivity contribution in [1.29, 1.82) is 0 Å². The molecule has 0 aliphatic rings. The van der Waals surface area contributed by atoms with E-state index < -0.39 is 0 Å². The summed E-state index contributed by atoms with van der Waals surface area (Å²) in [5.74, 6) is 0.907. The summed E-state index contributed by atoms with van der Waals surface area (Å²) >= 11 is 0. The van der Waals surface area contributed by atoms with E-state index in [0.717, 1.165) is 12.8 Å². The number of hydrogen-bond acceptors (Lipinski definition) is 3. The Kier molecular flexibility index (Phi) is 7.13. The minimum absolute atomic E-state index is 0.299. The Hall–Kier alpha value is -0.770. The van der Waals surface area contributed by atoms with E-state index in [1.54, 1.807) is 0 Å². The Labute approximate surface area is 92.9 Å². The van der Waals surface area contributed by atoms with Crippen molar-refractivity contribution >= 4 is 5.84 Å². The topological polar surface area (TPSA) is 70.6 Å². The first-order valence-corrected chi connectivity index (χ1v) is 5.77. The third kappa shape index (κ3) is 5.62.